The monoisotopic (exact) mass is 213 g/mol. The van der Waals surface area contributed by atoms with E-state index < -0.39 is 9.84 Å². The van der Waals surface area contributed by atoms with Gasteiger partial charge in [-0.1, -0.05) is 0 Å². The highest BCUT2D eigenvalue weighted by molar-refractivity contribution is 7.90. The fraction of sp³-hybridized carbons (Fsp3) is 1.00. The van der Waals surface area contributed by atoms with Crippen LogP contribution in [0.4, 0.5) is 0 Å². The van der Waals surface area contributed by atoms with Crippen LogP contribution in [0.25, 0.3) is 0 Å². The minimum Gasteiger partial charge on any atom is -0.316 e. The lowest BCUT2D eigenvalue weighted by atomic mass is 10.3. The van der Waals surface area contributed by atoms with Crippen molar-refractivity contribution in [3.8, 4) is 0 Å². The molecule has 0 aromatic heterocycles. The van der Waals surface area contributed by atoms with Gasteiger partial charge in [0.1, 0.15) is 9.84 Å². The molecule has 0 aromatic rings. The summed E-state index contributed by atoms with van der Waals surface area (Å²) in [6, 6.07) is 0. The van der Waals surface area contributed by atoms with Gasteiger partial charge >= 0.3 is 0 Å². The van der Waals surface area contributed by atoms with E-state index in [1.54, 1.807) is 0 Å². The van der Waals surface area contributed by atoms with Gasteiger partial charge in [-0.15, -0.1) is 11.6 Å². The van der Waals surface area contributed by atoms with Gasteiger partial charge in [0.25, 0.3) is 0 Å². The Balaban J connectivity index is 3.12. The van der Waals surface area contributed by atoms with Crippen molar-refractivity contribution in [1.82, 2.24) is 5.32 Å². The molecule has 1 N–H and O–H groups in total. The highest BCUT2D eigenvalue weighted by Gasteiger charge is 1.99. The Bertz CT molecular complexity index is 192. The maximum Gasteiger partial charge on any atom is 0.148 e. The number of hydrogen-bond donors (Lipinski definition) is 1. The zero-order valence-corrected chi connectivity index (χ0v) is 8.92. The van der Waals surface area contributed by atoms with Crippen LogP contribution in [0.5, 0.6) is 0 Å². The zero-order valence-electron chi connectivity index (χ0n) is 7.35. The quantitative estimate of drug-likeness (QED) is 0.499. The van der Waals surface area contributed by atoms with Crippen LogP contribution < -0.4 is 5.32 Å². The van der Waals surface area contributed by atoms with Crippen molar-refractivity contribution in [3.63, 3.8) is 0 Å². The maximum atomic E-state index is 10.7. The lowest BCUT2D eigenvalue weighted by Crippen LogP contribution is -2.23. The molecule has 12 heavy (non-hydrogen) atoms. The summed E-state index contributed by atoms with van der Waals surface area (Å²) in [6.45, 7) is 1.39. The number of hydrogen-bond acceptors (Lipinski definition) is 3. The Labute approximate surface area is 79.4 Å². The third-order valence-electron chi connectivity index (χ3n) is 1.39. The molecule has 5 heteroatoms. The van der Waals surface area contributed by atoms with Crippen molar-refractivity contribution >= 4 is 21.4 Å². The first-order valence-electron chi connectivity index (χ1n) is 4.00. The summed E-state index contributed by atoms with van der Waals surface area (Å²) in [5.74, 6) is 0.891. The normalized spacial score (nSPS) is 11.8. The van der Waals surface area contributed by atoms with Gasteiger partial charge in [-0.25, -0.2) is 8.42 Å². The van der Waals surface area contributed by atoms with Crippen LogP contribution in [0.15, 0.2) is 0 Å². The SMILES string of the molecule is CS(=O)(=O)CCNCCCCCl. The van der Waals surface area contributed by atoms with Gasteiger partial charge in [-0.2, -0.15) is 0 Å². The van der Waals surface area contributed by atoms with Gasteiger partial charge in [0, 0.05) is 18.7 Å². The summed E-state index contributed by atoms with van der Waals surface area (Å²) in [6.07, 6.45) is 3.23. The number of halogens is 1. The summed E-state index contributed by atoms with van der Waals surface area (Å²) >= 11 is 5.46. The topological polar surface area (TPSA) is 46.2 Å². The Morgan fingerprint density at radius 1 is 1.25 bits per heavy atom. The first-order valence-corrected chi connectivity index (χ1v) is 6.60. The minimum atomic E-state index is -2.81. The summed E-state index contributed by atoms with van der Waals surface area (Å²) in [5.41, 5.74) is 0. The molecule has 0 heterocycles. The van der Waals surface area contributed by atoms with E-state index in [4.69, 9.17) is 11.6 Å². The van der Waals surface area contributed by atoms with Crippen LogP contribution in [-0.4, -0.2) is 39.4 Å². The third kappa shape index (κ3) is 10.2. The van der Waals surface area contributed by atoms with E-state index in [2.05, 4.69) is 5.32 Å². The molecular weight excluding hydrogens is 198 g/mol. The van der Waals surface area contributed by atoms with E-state index in [-0.39, 0.29) is 5.75 Å². The first kappa shape index (κ1) is 12.2. The number of sulfone groups is 1. The van der Waals surface area contributed by atoms with E-state index in [9.17, 15) is 8.42 Å². The number of unbranched alkanes of at least 4 members (excludes halogenated alkanes) is 1. The Morgan fingerprint density at radius 3 is 2.42 bits per heavy atom. The molecule has 0 fully saturated rings. The van der Waals surface area contributed by atoms with Crippen LogP contribution in [0.3, 0.4) is 0 Å². The number of rotatable bonds is 7. The fourth-order valence-corrected chi connectivity index (χ4v) is 1.43. The Hall–Kier alpha value is 0.200. The molecule has 0 spiro atoms. The van der Waals surface area contributed by atoms with Crippen molar-refractivity contribution < 1.29 is 8.42 Å². The second-order valence-electron chi connectivity index (χ2n) is 2.78. The van der Waals surface area contributed by atoms with Gasteiger partial charge in [0.05, 0.1) is 5.75 Å². The molecule has 0 aliphatic heterocycles. The number of nitrogens with one attached hydrogen (secondary N) is 1. The largest absolute Gasteiger partial charge is 0.316 e. The molecule has 0 aliphatic carbocycles. The second kappa shape index (κ2) is 6.69. The summed E-state index contributed by atoms with van der Waals surface area (Å²) in [7, 11) is -2.81. The predicted molar refractivity (Wildman–Crippen MR) is 52.5 cm³/mol. The van der Waals surface area contributed by atoms with Crippen LogP contribution in [-0.2, 0) is 9.84 Å². The molecule has 74 valence electrons. The number of alkyl halides is 1. The third-order valence-corrected chi connectivity index (χ3v) is 2.60. The van der Waals surface area contributed by atoms with Gasteiger partial charge in [-0.05, 0) is 19.4 Å². The van der Waals surface area contributed by atoms with E-state index in [1.807, 2.05) is 0 Å². The average molecular weight is 214 g/mol. The molecule has 0 saturated carbocycles. The molecule has 0 aromatic carbocycles. The van der Waals surface area contributed by atoms with Crippen LogP contribution in [0, 0.1) is 0 Å². The summed E-state index contributed by atoms with van der Waals surface area (Å²) in [5, 5.41) is 3.04. The Morgan fingerprint density at radius 2 is 1.92 bits per heavy atom. The molecule has 0 unspecified atom stereocenters. The Kier molecular flexibility index (Phi) is 6.80. The van der Waals surface area contributed by atoms with Gasteiger partial charge in [0.15, 0.2) is 0 Å². The molecule has 0 bridgehead atoms. The van der Waals surface area contributed by atoms with Gasteiger partial charge in [0.2, 0.25) is 0 Å². The minimum absolute atomic E-state index is 0.216. The molecule has 0 saturated heterocycles. The first-order chi connectivity index (χ1) is 5.56. The van der Waals surface area contributed by atoms with E-state index in [0.717, 1.165) is 19.4 Å². The summed E-state index contributed by atoms with van der Waals surface area (Å²) < 4.78 is 21.3. The standard InChI is InChI=1S/C7H16ClNO2S/c1-12(10,11)7-6-9-5-3-2-4-8/h9H,2-7H2,1H3. The van der Waals surface area contributed by atoms with Crippen LogP contribution >= 0.6 is 11.6 Å². The van der Waals surface area contributed by atoms with Gasteiger partial charge in [-0.3, -0.25) is 0 Å². The zero-order chi connectivity index (χ0) is 9.45. The lowest BCUT2D eigenvalue weighted by molar-refractivity contribution is 0.594. The van der Waals surface area contributed by atoms with Crippen molar-refractivity contribution in [3.05, 3.63) is 0 Å². The second-order valence-corrected chi connectivity index (χ2v) is 5.41. The fourth-order valence-electron chi connectivity index (χ4n) is 0.727. The molecule has 0 atom stereocenters. The van der Waals surface area contributed by atoms with Crippen molar-refractivity contribution in [2.75, 3.05) is 31.0 Å². The van der Waals surface area contributed by atoms with E-state index in [1.165, 1.54) is 6.26 Å². The lowest BCUT2D eigenvalue weighted by Gasteiger charge is -2.01. The molecule has 0 radical (unpaired) electrons. The van der Waals surface area contributed by atoms with E-state index in [0.29, 0.717) is 12.4 Å². The summed E-state index contributed by atoms with van der Waals surface area (Å²) in [4.78, 5) is 0. The van der Waals surface area contributed by atoms with E-state index >= 15 is 0 Å². The highest BCUT2D eigenvalue weighted by atomic mass is 35.5. The molecule has 0 aliphatic rings. The molecule has 0 amide bonds. The maximum absolute atomic E-state index is 10.7. The molecule has 0 rings (SSSR count). The average Bonchev–Trinajstić information content (AvgIpc) is 1.94. The van der Waals surface area contributed by atoms with Crippen LogP contribution in [0.1, 0.15) is 12.8 Å². The van der Waals surface area contributed by atoms with Crippen molar-refractivity contribution in [1.29, 1.82) is 0 Å². The highest BCUT2D eigenvalue weighted by Crippen LogP contribution is 1.89. The molecular formula is C7H16ClNO2S. The molecule has 3 nitrogen and oxygen atoms in total. The van der Waals surface area contributed by atoms with Crippen molar-refractivity contribution in [2.24, 2.45) is 0 Å². The smallest absolute Gasteiger partial charge is 0.148 e. The predicted octanol–water partition coefficient (Wildman–Crippen LogP) is 0.640. The van der Waals surface area contributed by atoms with Crippen molar-refractivity contribution in [2.45, 2.75) is 12.8 Å². The van der Waals surface area contributed by atoms with Crippen LogP contribution in [0.2, 0.25) is 0 Å². The van der Waals surface area contributed by atoms with Gasteiger partial charge < -0.3 is 5.32 Å².